The van der Waals surface area contributed by atoms with Crippen LogP contribution in [0.5, 0.6) is 0 Å². The van der Waals surface area contributed by atoms with Gasteiger partial charge in [0.25, 0.3) is 0 Å². The predicted molar refractivity (Wildman–Crippen MR) is 94.9 cm³/mol. The number of amides is 1. The maximum Gasteiger partial charge on any atom is 0.223 e. The van der Waals surface area contributed by atoms with E-state index >= 15 is 0 Å². The van der Waals surface area contributed by atoms with Crippen LogP contribution in [0.3, 0.4) is 0 Å². The van der Waals surface area contributed by atoms with Crippen LogP contribution in [0.15, 0.2) is 24.0 Å². The van der Waals surface area contributed by atoms with Crippen LogP contribution in [0.1, 0.15) is 29.5 Å². The lowest BCUT2D eigenvalue weighted by atomic mass is 9.95. The maximum absolute atomic E-state index is 12.5. The minimum atomic E-state index is 0.0891. The van der Waals surface area contributed by atoms with Crippen LogP contribution in [0.25, 0.3) is 0 Å². The van der Waals surface area contributed by atoms with Gasteiger partial charge in [0.2, 0.25) is 5.91 Å². The molecule has 2 aromatic heterocycles. The number of rotatable bonds is 4. The van der Waals surface area contributed by atoms with E-state index in [9.17, 15) is 4.79 Å². The topological polar surface area (TPSA) is 50.2 Å². The summed E-state index contributed by atoms with van der Waals surface area (Å²) in [5.74, 6) is 0.286. The van der Waals surface area contributed by atoms with E-state index in [1.54, 1.807) is 0 Å². The SMILES string of the molecule is C[C@@H](CNC(=O)[C@H]1CCn2cncc2C1)N1CCc2sccc2C1. The van der Waals surface area contributed by atoms with Gasteiger partial charge >= 0.3 is 0 Å². The molecule has 1 amide bonds. The summed E-state index contributed by atoms with van der Waals surface area (Å²) in [6, 6.07) is 2.61. The molecule has 5 nitrogen and oxygen atoms in total. The lowest BCUT2D eigenvalue weighted by molar-refractivity contribution is -0.125. The number of imidazole rings is 1. The summed E-state index contributed by atoms with van der Waals surface area (Å²) in [7, 11) is 0. The maximum atomic E-state index is 12.5. The summed E-state index contributed by atoms with van der Waals surface area (Å²) < 4.78 is 2.15. The zero-order chi connectivity index (χ0) is 16.5. The van der Waals surface area contributed by atoms with E-state index in [0.717, 1.165) is 45.4 Å². The zero-order valence-electron chi connectivity index (χ0n) is 14.1. The largest absolute Gasteiger partial charge is 0.354 e. The number of aryl methyl sites for hydroxylation is 1. The number of nitrogens with one attached hydrogen (secondary N) is 1. The van der Waals surface area contributed by atoms with Gasteiger partial charge in [0.1, 0.15) is 0 Å². The van der Waals surface area contributed by atoms with E-state index in [4.69, 9.17) is 0 Å². The standard InChI is InChI=1S/C18H24N4OS/c1-13(21-6-3-17-15(11-21)4-7-24-17)9-20-18(23)14-2-5-22-12-19-10-16(22)8-14/h4,7,10,12-14H,2-3,5-6,8-9,11H2,1H3,(H,20,23)/t13-,14-/m0/s1. The number of thiophene rings is 1. The van der Waals surface area contributed by atoms with Crippen molar-refractivity contribution in [3.63, 3.8) is 0 Å². The van der Waals surface area contributed by atoms with Crippen molar-refractivity contribution in [3.05, 3.63) is 40.1 Å². The van der Waals surface area contributed by atoms with E-state index < -0.39 is 0 Å². The molecule has 128 valence electrons. The summed E-state index contributed by atoms with van der Waals surface area (Å²) in [6.45, 7) is 5.95. The average molecular weight is 344 g/mol. The van der Waals surface area contributed by atoms with E-state index in [1.165, 1.54) is 16.1 Å². The molecule has 2 aliphatic heterocycles. The number of hydrogen-bond donors (Lipinski definition) is 1. The molecule has 0 bridgehead atoms. The lowest BCUT2D eigenvalue weighted by Crippen LogP contribution is -2.46. The van der Waals surface area contributed by atoms with Crippen molar-refractivity contribution in [1.82, 2.24) is 19.8 Å². The number of carbonyl (C=O) groups is 1. The second kappa shape index (κ2) is 6.69. The van der Waals surface area contributed by atoms with Crippen molar-refractivity contribution >= 4 is 17.2 Å². The molecule has 0 saturated carbocycles. The second-order valence-corrected chi connectivity index (χ2v) is 7.95. The Morgan fingerprint density at radius 2 is 2.42 bits per heavy atom. The minimum Gasteiger partial charge on any atom is -0.354 e. The summed E-state index contributed by atoms with van der Waals surface area (Å²) >= 11 is 1.87. The van der Waals surface area contributed by atoms with Crippen LogP contribution in [0, 0.1) is 5.92 Å². The molecule has 2 aliphatic rings. The van der Waals surface area contributed by atoms with E-state index in [1.807, 2.05) is 23.9 Å². The van der Waals surface area contributed by atoms with Crippen molar-refractivity contribution < 1.29 is 4.79 Å². The van der Waals surface area contributed by atoms with Gasteiger partial charge in [0.05, 0.1) is 6.33 Å². The van der Waals surface area contributed by atoms with Gasteiger partial charge in [-0.3, -0.25) is 9.69 Å². The van der Waals surface area contributed by atoms with Gasteiger partial charge in [-0.15, -0.1) is 11.3 Å². The van der Waals surface area contributed by atoms with Crippen LogP contribution < -0.4 is 5.32 Å². The van der Waals surface area contributed by atoms with Gasteiger partial charge in [0.15, 0.2) is 0 Å². The van der Waals surface area contributed by atoms with Gasteiger partial charge in [-0.1, -0.05) is 0 Å². The smallest absolute Gasteiger partial charge is 0.223 e. The van der Waals surface area contributed by atoms with Crippen molar-refractivity contribution in [1.29, 1.82) is 0 Å². The molecule has 0 fully saturated rings. The highest BCUT2D eigenvalue weighted by atomic mass is 32.1. The summed E-state index contributed by atoms with van der Waals surface area (Å²) in [4.78, 5) is 20.7. The molecular weight excluding hydrogens is 320 g/mol. The zero-order valence-corrected chi connectivity index (χ0v) is 14.9. The molecule has 0 aromatic carbocycles. The Labute approximate surface area is 146 Å². The van der Waals surface area contributed by atoms with Crippen LogP contribution in [-0.4, -0.2) is 39.5 Å². The van der Waals surface area contributed by atoms with Crippen LogP contribution in [-0.2, 0) is 30.7 Å². The molecule has 2 atom stereocenters. The van der Waals surface area contributed by atoms with Gasteiger partial charge in [-0.05, 0) is 36.8 Å². The monoisotopic (exact) mass is 344 g/mol. The van der Waals surface area contributed by atoms with Crippen LogP contribution in [0.4, 0.5) is 0 Å². The first-order valence-electron chi connectivity index (χ1n) is 8.76. The van der Waals surface area contributed by atoms with Gasteiger partial charge in [0, 0.05) is 61.3 Å². The van der Waals surface area contributed by atoms with E-state index in [2.05, 4.69) is 38.1 Å². The van der Waals surface area contributed by atoms with Crippen molar-refractivity contribution in [3.8, 4) is 0 Å². The first kappa shape index (κ1) is 15.8. The Kier molecular flexibility index (Phi) is 4.41. The lowest BCUT2D eigenvalue weighted by Gasteiger charge is -2.33. The molecule has 6 heteroatoms. The van der Waals surface area contributed by atoms with Gasteiger partial charge in [-0.2, -0.15) is 0 Å². The molecular formula is C18H24N4OS. The summed E-state index contributed by atoms with van der Waals surface area (Å²) in [5, 5.41) is 5.37. The molecule has 4 rings (SSSR count). The molecule has 2 aromatic rings. The Hall–Kier alpha value is -1.66. The highest BCUT2D eigenvalue weighted by Crippen LogP contribution is 2.25. The molecule has 0 aliphatic carbocycles. The minimum absolute atomic E-state index is 0.0891. The quantitative estimate of drug-likeness (QED) is 0.924. The number of carbonyl (C=O) groups excluding carboxylic acids is 1. The van der Waals surface area contributed by atoms with E-state index in [0.29, 0.717) is 6.04 Å². The van der Waals surface area contributed by atoms with Gasteiger partial charge < -0.3 is 9.88 Å². The third-order valence-corrected chi connectivity index (χ3v) is 6.40. The molecule has 24 heavy (non-hydrogen) atoms. The molecule has 4 heterocycles. The molecule has 0 spiro atoms. The highest BCUT2D eigenvalue weighted by molar-refractivity contribution is 7.10. The number of aromatic nitrogens is 2. The number of nitrogens with zero attached hydrogens (tertiary/aromatic N) is 3. The normalized spacial score (nSPS) is 21.8. The summed E-state index contributed by atoms with van der Waals surface area (Å²) in [6.07, 6.45) is 6.60. The number of fused-ring (bicyclic) bond motifs is 2. The Morgan fingerprint density at radius 1 is 1.50 bits per heavy atom. The van der Waals surface area contributed by atoms with Crippen LogP contribution >= 0.6 is 11.3 Å². The van der Waals surface area contributed by atoms with Crippen molar-refractivity contribution in [2.45, 2.75) is 45.3 Å². The van der Waals surface area contributed by atoms with E-state index in [-0.39, 0.29) is 11.8 Å². The van der Waals surface area contributed by atoms with Gasteiger partial charge in [-0.25, -0.2) is 4.98 Å². The van der Waals surface area contributed by atoms with Crippen molar-refractivity contribution in [2.24, 2.45) is 5.92 Å². The van der Waals surface area contributed by atoms with Crippen LogP contribution in [0.2, 0.25) is 0 Å². The Balaban J connectivity index is 1.28. The highest BCUT2D eigenvalue weighted by Gasteiger charge is 2.26. The summed E-state index contributed by atoms with van der Waals surface area (Å²) in [5.41, 5.74) is 2.64. The fourth-order valence-electron chi connectivity index (χ4n) is 3.76. The first-order chi connectivity index (χ1) is 11.7. The fraction of sp³-hybridized carbons (Fsp3) is 0.556. The molecule has 1 N–H and O–H groups in total. The number of hydrogen-bond acceptors (Lipinski definition) is 4. The predicted octanol–water partition coefficient (Wildman–Crippen LogP) is 2.07. The Morgan fingerprint density at radius 3 is 3.33 bits per heavy atom. The molecule has 0 unspecified atom stereocenters. The molecule has 0 saturated heterocycles. The molecule has 0 radical (unpaired) electrons. The average Bonchev–Trinajstić information content (AvgIpc) is 3.26. The first-order valence-corrected chi connectivity index (χ1v) is 9.64. The van der Waals surface area contributed by atoms with Crippen molar-refractivity contribution in [2.75, 3.05) is 13.1 Å². The fourth-order valence-corrected chi connectivity index (χ4v) is 4.65. The second-order valence-electron chi connectivity index (χ2n) is 6.95. The third kappa shape index (κ3) is 3.13. The third-order valence-electron chi connectivity index (χ3n) is 5.38. The Bertz CT molecular complexity index is 722.